The third kappa shape index (κ3) is 6.22. The van der Waals surface area contributed by atoms with E-state index in [-0.39, 0.29) is 12.0 Å². The quantitative estimate of drug-likeness (QED) is 0.161. The molecule has 0 fully saturated rings. The molecule has 2 aromatic heterocycles. The minimum atomic E-state index is -0.183. The molecular formula is C57H38N4O. The summed E-state index contributed by atoms with van der Waals surface area (Å²) in [7, 11) is 0. The van der Waals surface area contributed by atoms with Gasteiger partial charge in [0.05, 0.1) is 11.2 Å². The molecular weight excluding hydrogens is 757 g/mol. The van der Waals surface area contributed by atoms with Crippen molar-refractivity contribution in [2.45, 2.75) is 12.0 Å². The van der Waals surface area contributed by atoms with Gasteiger partial charge in [0.2, 0.25) is 0 Å². The Morgan fingerprint density at radius 1 is 0.403 bits per heavy atom. The molecule has 3 heterocycles. The highest BCUT2D eigenvalue weighted by molar-refractivity contribution is 5.92. The third-order valence-corrected chi connectivity index (χ3v) is 12.3. The maximum atomic E-state index is 6.94. The van der Waals surface area contributed by atoms with Crippen molar-refractivity contribution in [1.82, 2.24) is 19.5 Å². The Labute approximate surface area is 360 Å². The summed E-state index contributed by atoms with van der Waals surface area (Å²) in [5.41, 5.74) is 15.6. The number of ether oxygens (including phenoxy) is 1. The fourth-order valence-corrected chi connectivity index (χ4v) is 9.20. The van der Waals surface area contributed by atoms with Gasteiger partial charge in [0.25, 0.3) is 0 Å². The monoisotopic (exact) mass is 794 g/mol. The van der Waals surface area contributed by atoms with Crippen LogP contribution in [-0.2, 0) is 0 Å². The summed E-state index contributed by atoms with van der Waals surface area (Å²) in [6.07, 6.45) is 4.42. The third-order valence-electron chi connectivity index (χ3n) is 12.3. The lowest BCUT2D eigenvalue weighted by Gasteiger charge is -2.22. The summed E-state index contributed by atoms with van der Waals surface area (Å²) in [5, 5.41) is 1.19. The van der Waals surface area contributed by atoms with Crippen LogP contribution in [0.3, 0.4) is 0 Å². The molecule has 0 saturated carbocycles. The van der Waals surface area contributed by atoms with Crippen LogP contribution in [0.15, 0.2) is 212 Å². The highest BCUT2D eigenvalue weighted by Gasteiger charge is 2.40. The van der Waals surface area contributed by atoms with Crippen LogP contribution in [0.25, 0.3) is 90.2 Å². The zero-order chi connectivity index (χ0) is 41.0. The molecule has 2 unspecified atom stereocenters. The van der Waals surface area contributed by atoms with Crippen LogP contribution in [0.5, 0.6) is 5.75 Å². The summed E-state index contributed by atoms with van der Waals surface area (Å²) >= 11 is 0. The second-order valence-corrected chi connectivity index (χ2v) is 15.9. The largest absolute Gasteiger partial charge is 0.484 e. The van der Waals surface area contributed by atoms with Gasteiger partial charge in [-0.3, -0.25) is 0 Å². The van der Waals surface area contributed by atoms with Crippen molar-refractivity contribution < 1.29 is 4.74 Å². The minimum absolute atomic E-state index is 0.0200. The summed E-state index contributed by atoms with van der Waals surface area (Å²) in [6, 6.07) is 72.3. The van der Waals surface area contributed by atoms with E-state index in [1.54, 1.807) is 0 Å². The topological polar surface area (TPSA) is 52.8 Å². The smallest absolute Gasteiger partial charge is 0.164 e. The lowest BCUT2D eigenvalue weighted by molar-refractivity contribution is 0.224. The Morgan fingerprint density at radius 2 is 0.887 bits per heavy atom. The standard InChI is InChI=1S/C57H38N4O/c1-4-13-37(14-5-1)39-23-25-41(26-24-39)44-19-12-20-46(35-44)61-50-22-11-10-21-48(50)53-51(61)33-32-47-49-36-45(31-34-52(49)62-54(47)53)57-59-55(42-17-8-3-9-18-42)58-56(60-57)43-29-27-40(28-30-43)38-15-6-2-7-16-38/h1-36,47,54H. The van der Waals surface area contributed by atoms with Crippen molar-refractivity contribution in [3.63, 3.8) is 0 Å². The number of rotatable bonds is 7. The van der Waals surface area contributed by atoms with E-state index in [2.05, 4.69) is 187 Å². The van der Waals surface area contributed by atoms with Gasteiger partial charge < -0.3 is 9.30 Å². The van der Waals surface area contributed by atoms with Crippen LogP contribution in [0.1, 0.15) is 28.8 Å². The molecule has 8 aromatic carbocycles. The number of hydrogen-bond donors (Lipinski definition) is 0. The van der Waals surface area contributed by atoms with E-state index in [0.717, 1.165) is 50.5 Å². The van der Waals surface area contributed by atoms with Gasteiger partial charge in [0, 0.05) is 44.8 Å². The average Bonchev–Trinajstić information content (AvgIpc) is 3.90. The Balaban J connectivity index is 0.903. The second kappa shape index (κ2) is 14.8. The predicted molar refractivity (Wildman–Crippen MR) is 251 cm³/mol. The zero-order valence-corrected chi connectivity index (χ0v) is 33.6. The van der Waals surface area contributed by atoms with Gasteiger partial charge in [-0.2, -0.15) is 0 Å². The number of nitrogens with zero attached hydrogens (tertiary/aromatic N) is 4. The van der Waals surface area contributed by atoms with Crippen LogP contribution in [0, 0.1) is 0 Å². The Hall–Kier alpha value is -8.15. The van der Waals surface area contributed by atoms with Crippen molar-refractivity contribution in [3.05, 3.63) is 229 Å². The van der Waals surface area contributed by atoms with E-state index in [4.69, 9.17) is 19.7 Å². The SMILES string of the molecule is C1=CC2c3cc(-c4nc(-c5ccccc5)nc(-c5ccc(-c6ccccc6)cc5)n4)ccc3OC2c2c1n(-c1cccc(-c3ccc(-c4ccccc4)cc3)c1)c1ccccc21. The Morgan fingerprint density at radius 3 is 1.53 bits per heavy atom. The molecule has 0 spiro atoms. The highest BCUT2D eigenvalue weighted by atomic mass is 16.5. The van der Waals surface area contributed by atoms with Crippen molar-refractivity contribution in [1.29, 1.82) is 0 Å². The number of benzene rings is 8. The first kappa shape index (κ1) is 35.8. The van der Waals surface area contributed by atoms with Gasteiger partial charge in [0.15, 0.2) is 17.5 Å². The molecule has 12 rings (SSSR count). The predicted octanol–water partition coefficient (Wildman–Crippen LogP) is 14.1. The fraction of sp³-hybridized carbons (Fsp3) is 0.0351. The van der Waals surface area contributed by atoms with E-state index >= 15 is 0 Å². The molecule has 5 nitrogen and oxygen atoms in total. The van der Waals surface area contributed by atoms with Crippen molar-refractivity contribution in [3.8, 4) is 79.0 Å². The van der Waals surface area contributed by atoms with E-state index in [1.165, 1.54) is 38.8 Å². The van der Waals surface area contributed by atoms with Crippen molar-refractivity contribution in [2.24, 2.45) is 0 Å². The second-order valence-electron chi connectivity index (χ2n) is 15.9. The molecule has 0 bridgehead atoms. The maximum absolute atomic E-state index is 6.94. The van der Waals surface area contributed by atoms with Crippen LogP contribution in [-0.4, -0.2) is 19.5 Å². The molecule has 0 radical (unpaired) electrons. The van der Waals surface area contributed by atoms with Crippen molar-refractivity contribution in [2.75, 3.05) is 0 Å². The maximum Gasteiger partial charge on any atom is 0.164 e. The number of fused-ring (bicyclic) bond motifs is 7. The van der Waals surface area contributed by atoms with Gasteiger partial charge in [-0.25, -0.2) is 15.0 Å². The van der Waals surface area contributed by atoms with Crippen molar-refractivity contribution >= 4 is 17.0 Å². The molecule has 1 aliphatic carbocycles. The van der Waals surface area contributed by atoms with Crippen LogP contribution < -0.4 is 4.74 Å². The normalized spacial score (nSPS) is 14.8. The fourth-order valence-electron chi connectivity index (χ4n) is 9.20. The zero-order valence-electron chi connectivity index (χ0n) is 33.6. The molecule has 5 heteroatoms. The number of para-hydroxylation sites is 1. The number of aromatic nitrogens is 4. The summed E-state index contributed by atoms with van der Waals surface area (Å²) in [4.78, 5) is 15.2. The highest BCUT2D eigenvalue weighted by Crippen LogP contribution is 2.53. The summed E-state index contributed by atoms with van der Waals surface area (Å²) in [5.74, 6) is 2.79. The molecule has 0 amide bonds. The number of hydrogen-bond acceptors (Lipinski definition) is 4. The molecule has 0 N–H and O–H groups in total. The van der Waals surface area contributed by atoms with Crippen LogP contribution in [0.2, 0.25) is 0 Å². The molecule has 2 atom stereocenters. The summed E-state index contributed by atoms with van der Waals surface area (Å²) < 4.78 is 9.33. The molecule has 62 heavy (non-hydrogen) atoms. The molecule has 0 saturated heterocycles. The first-order valence-electron chi connectivity index (χ1n) is 21.1. The lowest BCUT2D eigenvalue weighted by atomic mass is 9.85. The molecule has 2 aliphatic rings. The first-order chi connectivity index (χ1) is 30.7. The summed E-state index contributed by atoms with van der Waals surface area (Å²) in [6.45, 7) is 0. The Bertz CT molecular complexity index is 3300. The molecule has 292 valence electrons. The van der Waals surface area contributed by atoms with Gasteiger partial charge in [0.1, 0.15) is 11.9 Å². The van der Waals surface area contributed by atoms with Gasteiger partial charge in [-0.15, -0.1) is 0 Å². The van der Waals surface area contributed by atoms with Crippen LogP contribution >= 0.6 is 0 Å². The van der Waals surface area contributed by atoms with Gasteiger partial charge in [-0.1, -0.05) is 176 Å². The van der Waals surface area contributed by atoms with E-state index in [1.807, 2.05) is 36.4 Å². The Kier molecular flexibility index (Phi) is 8.56. The average molecular weight is 795 g/mol. The van der Waals surface area contributed by atoms with Crippen LogP contribution in [0.4, 0.5) is 0 Å². The minimum Gasteiger partial charge on any atom is -0.484 e. The van der Waals surface area contributed by atoms with E-state index < -0.39 is 0 Å². The van der Waals surface area contributed by atoms with Gasteiger partial charge >= 0.3 is 0 Å². The van der Waals surface area contributed by atoms with Gasteiger partial charge in [-0.05, 0) is 75.9 Å². The lowest BCUT2D eigenvalue weighted by Crippen LogP contribution is -2.13. The molecule has 10 aromatic rings. The van der Waals surface area contributed by atoms with E-state index in [9.17, 15) is 0 Å². The first-order valence-corrected chi connectivity index (χ1v) is 21.1. The molecule has 1 aliphatic heterocycles. The van der Waals surface area contributed by atoms with E-state index in [0.29, 0.717) is 17.5 Å².